The van der Waals surface area contributed by atoms with E-state index in [4.69, 9.17) is 9.47 Å². The van der Waals surface area contributed by atoms with E-state index in [1.165, 1.54) is 12.8 Å². The summed E-state index contributed by atoms with van der Waals surface area (Å²) in [7, 11) is -2.00. The van der Waals surface area contributed by atoms with Crippen LogP contribution in [0.25, 0.3) is 0 Å². The zero-order valence-electron chi connectivity index (χ0n) is 23.9. The number of rotatable bonds is 9. The Morgan fingerprint density at radius 3 is 2.65 bits per heavy atom. The molecule has 1 N–H and O–H groups in total. The fraction of sp³-hybridized carbons (Fsp3) is 0.625. The molecular formula is C32H42N2O5S. The number of hydrogen-bond donors (Lipinski definition) is 1. The Morgan fingerprint density at radius 1 is 1.18 bits per heavy atom. The van der Waals surface area contributed by atoms with Gasteiger partial charge >= 0.3 is 0 Å². The molecule has 3 aliphatic carbocycles. The van der Waals surface area contributed by atoms with Crippen LogP contribution < -0.4 is 9.47 Å². The second-order valence-electron chi connectivity index (χ2n) is 13.3. The van der Waals surface area contributed by atoms with Gasteiger partial charge in [-0.25, -0.2) is 8.42 Å². The molecule has 2 aromatic carbocycles. The Balaban J connectivity index is 1.33. The van der Waals surface area contributed by atoms with E-state index in [1.807, 2.05) is 30.3 Å². The number of ether oxygens (including phenoxy) is 2. The van der Waals surface area contributed by atoms with Crippen molar-refractivity contribution in [2.75, 3.05) is 26.7 Å². The quantitative estimate of drug-likeness (QED) is 0.474. The van der Waals surface area contributed by atoms with Gasteiger partial charge < -0.3 is 14.6 Å². The average Bonchev–Trinajstić information content (AvgIpc) is 3.68. The highest BCUT2D eigenvalue weighted by atomic mass is 32.2. The molecule has 0 unspecified atom stereocenters. The number of hydrogen-bond acceptors (Lipinski definition) is 6. The summed E-state index contributed by atoms with van der Waals surface area (Å²) in [4.78, 5) is 2.69. The molecule has 2 aromatic rings. The lowest BCUT2D eigenvalue weighted by Gasteiger charge is -2.60. The highest BCUT2D eigenvalue weighted by Gasteiger charge is 2.67. The Bertz CT molecular complexity index is 1390. The predicted molar refractivity (Wildman–Crippen MR) is 154 cm³/mol. The maximum absolute atomic E-state index is 14.2. The van der Waals surface area contributed by atoms with Crippen LogP contribution in [0.2, 0.25) is 0 Å². The monoisotopic (exact) mass is 566 g/mol. The van der Waals surface area contributed by atoms with Gasteiger partial charge in [0.1, 0.15) is 11.9 Å². The van der Waals surface area contributed by atoms with Crippen LogP contribution in [0.1, 0.15) is 62.6 Å². The van der Waals surface area contributed by atoms with Gasteiger partial charge in [0.2, 0.25) is 10.0 Å². The van der Waals surface area contributed by atoms with Gasteiger partial charge in [0.15, 0.2) is 11.5 Å². The highest BCUT2D eigenvalue weighted by molar-refractivity contribution is 7.88. The summed E-state index contributed by atoms with van der Waals surface area (Å²) in [5, 5.41) is 11.3. The smallest absolute Gasteiger partial charge is 0.218 e. The van der Waals surface area contributed by atoms with Crippen molar-refractivity contribution in [3.8, 4) is 17.2 Å². The van der Waals surface area contributed by atoms with Crippen LogP contribution in [0.3, 0.4) is 0 Å². The van der Waals surface area contributed by atoms with Crippen LogP contribution in [0.4, 0.5) is 0 Å². The first-order valence-corrected chi connectivity index (χ1v) is 16.7. The van der Waals surface area contributed by atoms with Crippen LogP contribution in [-0.2, 0) is 27.6 Å². The van der Waals surface area contributed by atoms with Crippen molar-refractivity contribution in [1.82, 2.24) is 9.21 Å². The highest BCUT2D eigenvalue weighted by Crippen LogP contribution is 2.66. The van der Waals surface area contributed by atoms with E-state index >= 15 is 0 Å². The molecular weight excluding hydrogens is 524 g/mol. The van der Waals surface area contributed by atoms with Crippen molar-refractivity contribution < 1.29 is 23.0 Å². The zero-order valence-corrected chi connectivity index (χ0v) is 24.7. The van der Waals surface area contributed by atoms with E-state index in [-0.39, 0.29) is 35.0 Å². The van der Waals surface area contributed by atoms with E-state index in [0.29, 0.717) is 24.3 Å². The number of piperidine rings is 1. The SMILES string of the molecule is COc1cc(O)c2c3c1O[C@H]1[C@@H](N(CC(C)C)S(=O)(=O)Cc4ccccc4)CC[C@H]4[C@@H](C2)N(CC2CC2)CC[C@@]341. The van der Waals surface area contributed by atoms with Crippen LogP contribution in [-0.4, -0.2) is 67.7 Å². The van der Waals surface area contributed by atoms with Crippen LogP contribution in [0, 0.1) is 17.8 Å². The number of methoxy groups -OCH3 is 1. The van der Waals surface area contributed by atoms with Gasteiger partial charge in [0, 0.05) is 41.7 Å². The average molecular weight is 567 g/mol. The second-order valence-corrected chi connectivity index (χ2v) is 15.2. The first kappa shape index (κ1) is 26.6. The molecule has 2 bridgehead atoms. The molecule has 8 heteroatoms. The molecule has 2 saturated carbocycles. The summed E-state index contributed by atoms with van der Waals surface area (Å²) in [6, 6.07) is 11.3. The first-order valence-electron chi connectivity index (χ1n) is 15.1. The molecule has 40 heavy (non-hydrogen) atoms. The number of phenols is 1. The molecule has 1 saturated heterocycles. The van der Waals surface area contributed by atoms with Crippen molar-refractivity contribution in [3.63, 3.8) is 0 Å². The van der Waals surface area contributed by atoms with Crippen molar-refractivity contribution in [2.24, 2.45) is 17.8 Å². The van der Waals surface area contributed by atoms with Crippen LogP contribution in [0.15, 0.2) is 36.4 Å². The van der Waals surface area contributed by atoms with E-state index in [9.17, 15) is 13.5 Å². The van der Waals surface area contributed by atoms with Crippen molar-refractivity contribution in [1.29, 1.82) is 0 Å². The molecule has 216 valence electrons. The van der Waals surface area contributed by atoms with Crippen LogP contribution in [0.5, 0.6) is 17.2 Å². The normalized spacial score (nSPS) is 30.8. The van der Waals surface area contributed by atoms with E-state index in [0.717, 1.165) is 67.1 Å². The number of aromatic hydroxyl groups is 1. The molecule has 2 aliphatic heterocycles. The molecule has 1 spiro atoms. The number of likely N-dealkylation sites (tertiary alicyclic amines) is 1. The Labute approximate surface area is 238 Å². The lowest BCUT2D eigenvalue weighted by molar-refractivity contribution is -0.0785. The molecule has 5 aliphatic rings. The van der Waals surface area contributed by atoms with Gasteiger partial charge in [-0.1, -0.05) is 44.2 Å². The third-order valence-electron chi connectivity index (χ3n) is 10.4. The third-order valence-corrected chi connectivity index (χ3v) is 12.2. The molecule has 2 heterocycles. The minimum atomic E-state index is -3.62. The first-order chi connectivity index (χ1) is 19.2. The summed E-state index contributed by atoms with van der Waals surface area (Å²) >= 11 is 0. The minimum Gasteiger partial charge on any atom is -0.508 e. The number of sulfonamides is 1. The summed E-state index contributed by atoms with van der Waals surface area (Å²) in [6.45, 7) is 6.76. The fourth-order valence-corrected chi connectivity index (χ4v) is 10.6. The minimum absolute atomic E-state index is 0.0136. The molecule has 0 radical (unpaired) electrons. The van der Waals surface area contributed by atoms with Crippen molar-refractivity contribution in [3.05, 3.63) is 53.1 Å². The van der Waals surface area contributed by atoms with E-state index < -0.39 is 10.0 Å². The summed E-state index contributed by atoms with van der Waals surface area (Å²) in [5.41, 5.74) is 2.58. The molecule has 7 nitrogen and oxygen atoms in total. The maximum atomic E-state index is 14.2. The number of nitrogens with zero attached hydrogens (tertiary/aromatic N) is 2. The van der Waals surface area contributed by atoms with E-state index in [2.05, 4.69) is 18.7 Å². The summed E-state index contributed by atoms with van der Waals surface area (Å²) in [5.74, 6) is 2.91. The van der Waals surface area contributed by atoms with Gasteiger partial charge in [-0.05, 0) is 68.4 Å². The van der Waals surface area contributed by atoms with Gasteiger partial charge in [-0.2, -0.15) is 4.31 Å². The molecule has 0 aromatic heterocycles. The lowest BCUT2D eigenvalue weighted by atomic mass is 9.51. The van der Waals surface area contributed by atoms with Crippen molar-refractivity contribution >= 4 is 10.0 Å². The Kier molecular flexibility index (Phi) is 6.41. The molecule has 3 fully saturated rings. The molecule has 0 amide bonds. The van der Waals surface area contributed by atoms with E-state index in [1.54, 1.807) is 17.5 Å². The maximum Gasteiger partial charge on any atom is 0.218 e. The Hall–Kier alpha value is -2.29. The van der Waals surface area contributed by atoms with Crippen molar-refractivity contribution in [2.45, 2.75) is 81.7 Å². The number of phenolic OH excluding ortho intramolecular Hbond substituents is 1. The molecule has 7 rings (SSSR count). The summed E-state index contributed by atoms with van der Waals surface area (Å²) in [6.07, 6.45) is 5.82. The summed E-state index contributed by atoms with van der Waals surface area (Å²) < 4.78 is 42.9. The zero-order chi connectivity index (χ0) is 27.8. The predicted octanol–water partition coefficient (Wildman–Crippen LogP) is 4.71. The lowest BCUT2D eigenvalue weighted by Crippen LogP contribution is -2.69. The number of benzene rings is 2. The fourth-order valence-electron chi connectivity index (χ4n) is 8.64. The largest absolute Gasteiger partial charge is 0.508 e. The van der Waals surface area contributed by atoms with Gasteiger partial charge in [0.05, 0.1) is 18.9 Å². The van der Waals surface area contributed by atoms with Gasteiger partial charge in [0.25, 0.3) is 0 Å². The second kappa shape index (κ2) is 9.63. The Morgan fingerprint density at radius 2 is 1.95 bits per heavy atom. The topological polar surface area (TPSA) is 79.3 Å². The standard InChI is InChI=1S/C32H42N2O5S/c1-20(2)17-34(40(36,37)19-22-7-5-4-6-8-22)25-12-11-24-26-15-23-27(35)16-28(38-3)30-29(23)32(24,31(25)39-30)13-14-33(26)18-21-9-10-21/h4-8,16,20-21,24-26,31,35H,9-15,17-19H2,1-3H3/t24-,25-,26+,31-,32-/m0/s1. The third kappa shape index (κ3) is 4.08. The van der Waals surface area contributed by atoms with Crippen LogP contribution >= 0.6 is 0 Å². The van der Waals surface area contributed by atoms with Gasteiger partial charge in [-0.15, -0.1) is 0 Å². The van der Waals surface area contributed by atoms with Gasteiger partial charge in [-0.3, -0.25) is 4.90 Å². The molecule has 5 atom stereocenters.